The van der Waals surface area contributed by atoms with Crippen molar-refractivity contribution < 1.29 is 0 Å². The number of hydrogen-bond acceptors (Lipinski definition) is 5. The van der Waals surface area contributed by atoms with Crippen LogP contribution in [0.15, 0.2) is 188 Å². The summed E-state index contributed by atoms with van der Waals surface area (Å²) >= 11 is 0. The van der Waals surface area contributed by atoms with Gasteiger partial charge in [-0.05, 0) is 52.9 Å². The number of nitrogens with zero attached hydrogens (tertiary/aromatic N) is 5. The van der Waals surface area contributed by atoms with E-state index in [-0.39, 0.29) is 0 Å². The molecule has 0 aliphatic rings. The van der Waals surface area contributed by atoms with Gasteiger partial charge in [0.15, 0.2) is 0 Å². The number of aromatic nitrogens is 5. The summed E-state index contributed by atoms with van der Waals surface area (Å²) < 4.78 is 0. The molecule has 0 bridgehead atoms. The molecule has 0 atom stereocenters. The molecule has 11 aromatic rings. The molecule has 0 aliphatic heterocycles. The van der Waals surface area contributed by atoms with Crippen LogP contribution >= 0.6 is 0 Å². The standard InChI is InChI=1S/C51H31N5/c1-2-6-32(7-3-1)45-25-22-37-16-17-38-23-26-46(56-51(38)50(37)55-45)34-12-10-33(11-13-34)44-24-20-35-14-18-39(28-48(35)53-44)40-19-15-36-21-27-47(54-49(36)29-40)43-31-52-30-41-8-4-5-9-42(41)43/h1-31H. The van der Waals surface area contributed by atoms with Gasteiger partial charge < -0.3 is 0 Å². The van der Waals surface area contributed by atoms with Crippen LogP contribution < -0.4 is 0 Å². The molecule has 260 valence electrons. The van der Waals surface area contributed by atoms with Crippen LogP contribution in [0.25, 0.3) is 111 Å². The van der Waals surface area contributed by atoms with Gasteiger partial charge in [0.1, 0.15) is 0 Å². The number of fused-ring (bicyclic) bond motifs is 6. The Morgan fingerprint density at radius 1 is 0.286 bits per heavy atom. The van der Waals surface area contributed by atoms with E-state index in [0.717, 1.165) is 111 Å². The normalized spacial score (nSPS) is 11.6. The highest BCUT2D eigenvalue weighted by Crippen LogP contribution is 2.33. The van der Waals surface area contributed by atoms with Gasteiger partial charge in [0.25, 0.3) is 0 Å². The van der Waals surface area contributed by atoms with Gasteiger partial charge in [0, 0.05) is 61.6 Å². The van der Waals surface area contributed by atoms with Crippen molar-refractivity contribution in [1.29, 1.82) is 0 Å². The van der Waals surface area contributed by atoms with E-state index in [9.17, 15) is 0 Å². The van der Waals surface area contributed by atoms with Crippen LogP contribution in [0.1, 0.15) is 0 Å². The Morgan fingerprint density at radius 2 is 0.732 bits per heavy atom. The Balaban J connectivity index is 0.906. The van der Waals surface area contributed by atoms with E-state index in [0.29, 0.717) is 0 Å². The van der Waals surface area contributed by atoms with Crippen LogP contribution in [-0.2, 0) is 0 Å². The third kappa shape index (κ3) is 5.62. The number of hydrogen-bond donors (Lipinski definition) is 0. The van der Waals surface area contributed by atoms with Gasteiger partial charge in [-0.1, -0.05) is 140 Å². The molecular weight excluding hydrogens is 683 g/mol. The Labute approximate surface area is 322 Å². The van der Waals surface area contributed by atoms with E-state index >= 15 is 0 Å². The fourth-order valence-corrected chi connectivity index (χ4v) is 7.73. The average molecular weight is 714 g/mol. The van der Waals surface area contributed by atoms with Crippen molar-refractivity contribution in [2.24, 2.45) is 0 Å². The first-order valence-corrected chi connectivity index (χ1v) is 18.7. The SMILES string of the molecule is c1ccc(-c2ccc3ccc4ccc(-c5ccc(-c6ccc7ccc(-c8ccc9ccc(-c%10cncc%11ccccc%10%11)nc9c8)cc7n6)cc5)nc4c3n2)cc1. The Hall–Kier alpha value is -7.63. The topological polar surface area (TPSA) is 64.5 Å². The number of rotatable bonds is 5. The first-order valence-electron chi connectivity index (χ1n) is 18.7. The molecule has 0 aliphatic carbocycles. The van der Waals surface area contributed by atoms with E-state index in [1.54, 1.807) is 0 Å². The van der Waals surface area contributed by atoms with E-state index in [1.807, 2.05) is 36.7 Å². The third-order valence-corrected chi connectivity index (χ3v) is 10.7. The predicted molar refractivity (Wildman–Crippen MR) is 230 cm³/mol. The maximum atomic E-state index is 5.16. The molecule has 6 aromatic carbocycles. The Bertz CT molecular complexity index is 3300. The van der Waals surface area contributed by atoms with Crippen molar-refractivity contribution >= 4 is 54.4 Å². The Morgan fingerprint density at radius 3 is 1.36 bits per heavy atom. The van der Waals surface area contributed by atoms with Gasteiger partial charge in [-0.15, -0.1) is 0 Å². The lowest BCUT2D eigenvalue weighted by Gasteiger charge is -2.10. The van der Waals surface area contributed by atoms with Crippen LogP contribution in [-0.4, -0.2) is 24.9 Å². The molecule has 5 heteroatoms. The van der Waals surface area contributed by atoms with Gasteiger partial charge in [0.05, 0.1) is 44.8 Å². The number of benzene rings is 6. The second kappa shape index (κ2) is 13.0. The van der Waals surface area contributed by atoms with E-state index in [2.05, 4.69) is 157 Å². The summed E-state index contributed by atoms with van der Waals surface area (Å²) in [5.41, 5.74) is 13.8. The van der Waals surface area contributed by atoms with Crippen molar-refractivity contribution in [2.45, 2.75) is 0 Å². The highest BCUT2D eigenvalue weighted by atomic mass is 14.8. The molecule has 5 nitrogen and oxygen atoms in total. The van der Waals surface area contributed by atoms with Gasteiger partial charge in [-0.3, -0.25) is 4.98 Å². The minimum atomic E-state index is 0.901. The molecule has 0 amide bonds. The van der Waals surface area contributed by atoms with Gasteiger partial charge in [-0.25, -0.2) is 19.9 Å². The average Bonchev–Trinajstić information content (AvgIpc) is 3.28. The van der Waals surface area contributed by atoms with Crippen LogP contribution in [0, 0.1) is 0 Å². The van der Waals surface area contributed by atoms with E-state index < -0.39 is 0 Å². The lowest BCUT2D eigenvalue weighted by Crippen LogP contribution is -1.91. The predicted octanol–water partition coefficient (Wildman–Crippen LogP) is 12.8. The summed E-state index contributed by atoms with van der Waals surface area (Å²) in [5.74, 6) is 0. The molecule has 56 heavy (non-hydrogen) atoms. The largest absolute Gasteiger partial charge is 0.263 e. The summed E-state index contributed by atoms with van der Waals surface area (Å²) in [6.45, 7) is 0. The zero-order valence-electron chi connectivity index (χ0n) is 30.1. The number of pyridine rings is 5. The highest BCUT2D eigenvalue weighted by molar-refractivity contribution is 6.04. The lowest BCUT2D eigenvalue weighted by molar-refractivity contribution is 1.33. The van der Waals surface area contributed by atoms with Crippen molar-refractivity contribution in [3.63, 3.8) is 0 Å². The van der Waals surface area contributed by atoms with Gasteiger partial charge >= 0.3 is 0 Å². The zero-order chi connectivity index (χ0) is 37.0. The van der Waals surface area contributed by atoms with Crippen molar-refractivity contribution in [1.82, 2.24) is 24.9 Å². The second-order valence-electron chi connectivity index (χ2n) is 14.2. The fourth-order valence-electron chi connectivity index (χ4n) is 7.73. The smallest absolute Gasteiger partial charge is 0.0972 e. The molecule has 0 spiro atoms. The maximum Gasteiger partial charge on any atom is 0.0972 e. The van der Waals surface area contributed by atoms with Gasteiger partial charge in [-0.2, -0.15) is 0 Å². The lowest BCUT2D eigenvalue weighted by atomic mass is 10.00. The molecule has 11 rings (SSSR count). The first-order chi connectivity index (χ1) is 27.7. The fraction of sp³-hybridized carbons (Fsp3) is 0. The molecule has 0 radical (unpaired) electrons. The van der Waals surface area contributed by atoms with Crippen molar-refractivity contribution in [2.75, 3.05) is 0 Å². The summed E-state index contributed by atoms with van der Waals surface area (Å²) in [5, 5.41) is 6.58. The molecule has 0 unspecified atom stereocenters. The van der Waals surface area contributed by atoms with Crippen molar-refractivity contribution in [3.05, 3.63) is 188 Å². The van der Waals surface area contributed by atoms with Crippen LogP contribution in [0.5, 0.6) is 0 Å². The van der Waals surface area contributed by atoms with E-state index in [1.165, 1.54) is 0 Å². The molecule has 5 aromatic heterocycles. The highest BCUT2D eigenvalue weighted by Gasteiger charge is 2.12. The van der Waals surface area contributed by atoms with Crippen molar-refractivity contribution in [3.8, 4) is 56.2 Å². The molecule has 0 N–H and O–H groups in total. The second-order valence-corrected chi connectivity index (χ2v) is 14.2. The van der Waals surface area contributed by atoms with E-state index in [4.69, 9.17) is 19.9 Å². The quantitative estimate of drug-likeness (QED) is 0.166. The van der Waals surface area contributed by atoms with Crippen LogP contribution in [0.3, 0.4) is 0 Å². The minimum absolute atomic E-state index is 0.901. The third-order valence-electron chi connectivity index (χ3n) is 10.7. The summed E-state index contributed by atoms with van der Waals surface area (Å²) in [4.78, 5) is 25.0. The maximum absolute atomic E-state index is 5.16. The Kier molecular flexibility index (Phi) is 7.42. The zero-order valence-corrected chi connectivity index (χ0v) is 30.1. The summed E-state index contributed by atoms with van der Waals surface area (Å²) in [6.07, 6.45) is 3.80. The summed E-state index contributed by atoms with van der Waals surface area (Å²) in [7, 11) is 0. The van der Waals surface area contributed by atoms with Crippen LogP contribution in [0.2, 0.25) is 0 Å². The monoisotopic (exact) mass is 713 g/mol. The molecular formula is C51H31N5. The molecule has 0 saturated carbocycles. The first kappa shape index (κ1) is 31.9. The molecule has 0 fully saturated rings. The minimum Gasteiger partial charge on any atom is -0.263 e. The summed E-state index contributed by atoms with van der Waals surface area (Å²) in [6, 6.07) is 61.2. The van der Waals surface area contributed by atoms with Crippen LogP contribution in [0.4, 0.5) is 0 Å². The molecule has 0 saturated heterocycles. The molecule has 5 heterocycles. The van der Waals surface area contributed by atoms with Gasteiger partial charge in [0.2, 0.25) is 0 Å².